The first-order valence-electron chi connectivity index (χ1n) is 10.3. The average Bonchev–Trinajstić information content (AvgIpc) is 3.24. The Morgan fingerprint density at radius 3 is 2.03 bits per heavy atom. The van der Waals surface area contributed by atoms with E-state index in [0.29, 0.717) is 42.6 Å². The van der Waals surface area contributed by atoms with Crippen molar-refractivity contribution in [3.63, 3.8) is 0 Å². The third kappa shape index (κ3) is 5.80. The summed E-state index contributed by atoms with van der Waals surface area (Å²) in [5.74, 6) is 0.806. The fraction of sp³-hybridized carbons (Fsp3) is 0.318. The zero-order valence-corrected chi connectivity index (χ0v) is 19.6. The number of carbonyl (C=O) groups excluding carboxylic acids is 1. The minimum absolute atomic E-state index is 0.119. The lowest BCUT2D eigenvalue weighted by Crippen LogP contribution is -2.13. The van der Waals surface area contributed by atoms with Crippen LogP contribution in [0.5, 0.6) is 17.2 Å². The fourth-order valence-corrected chi connectivity index (χ4v) is 3.55. The zero-order valence-electron chi connectivity index (χ0n) is 18.7. The van der Waals surface area contributed by atoms with Gasteiger partial charge in [0.05, 0.1) is 24.7 Å². The van der Waals surface area contributed by atoms with Gasteiger partial charge in [-0.15, -0.1) is 5.10 Å². The quantitative estimate of drug-likeness (QED) is 0.467. The first-order chi connectivity index (χ1) is 15.8. The monoisotopic (exact) mass is 475 g/mol. The molecule has 10 nitrogen and oxygen atoms in total. The van der Waals surface area contributed by atoms with E-state index in [1.807, 2.05) is 20.8 Å². The maximum absolute atomic E-state index is 12.8. The molecule has 0 fully saturated rings. The Hall–Kier alpha value is -3.60. The van der Waals surface area contributed by atoms with Crippen LogP contribution in [0, 0.1) is 0 Å². The molecule has 1 heterocycles. The van der Waals surface area contributed by atoms with Gasteiger partial charge in [0.25, 0.3) is 5.91 Å². The highest BCUT2D eigenvalue weighted by molar-refractivity contribution is 7.90. The third-order valence-corrected chi connectivity index (χ3v) is 5.47. The molecule has 2 aromatic carbocycles. The highest BCUT2D eigenvalue weighted by atomic mass is 32.2. The van der Waals surface area contributed by atoms with Gasteiger partial charge in [-0.1, -0.05) is 5.10 Å². The molecular formula is C22H25N3O7S. The minimum Gasteiger partial charge on any atom is -0.490 e. The lowest BCUT2D eigenvalue weighted by atomic mass is 10.1. The Bertz CT molecular complexity index is 1190. The Morgan fingerprint density at radius 2 is 1.52 bits per heavy atom. The fourth-order valence-electron chi connectivity index (χ4n) is 2.92. The lowest BCUT2D eigenvalue weighted by Gasteiger charge is -2.16. The molecule has 1 aromatic heterocycles. The molecule has 0 atom stereocenters. The standard InChI is InChI=1S/C22H25N3O7S/c1-5-29-17-12-15(13-18(30-6-2)19(17)31-7-3)20(26)23-22-25-24-21(32-22)14-8-10-16(11-9-14)33(4,27)28/h8-13H,5-7H2,1-4H3,(H,23,25,26). The van der Waals surface area contributed by atoms with Crippen molar-refractivity contribution in [3.8, 4) is 28.7 Å². The molecular weight excluding hydrogens is 450 g/mol. The van der Waals surface area contributed by atoms with E-state index in [1.54, 1.807) is 24.3 Å². The van der Waals surface area contributed by atoms with Crippen LogP contribution in [0.4, 0.5) is 6.01 Å². The van der Waals surface area contributed by atoms with Crippen LogP contribution in [0.25, 0.3) is 11.5 Å². The highest BCUT2D eigenvalue weighted by Crippen LogP contribution is 2.39. The predicted molar refractivity (Wildman–Crippen MR) is 121 cm³/mol. The van der Waals surface area contributed by atoms with Crippen LogP contribution >= 0.6 is 0 Å². The molecule has 1 N–H and O–H groups in total. The molecule has 3 rings (SSSR count). The second kappa shape index (κ2) is 10.3. The number of hydrogen-bond acceptors (Lipinski definition) is 9. The smallest absolute Gasteiger partial charge is 0.322 e. The van der Waals surface area contributed by atoms with Crippen molar-refractivity contribution in [2.24, 2.45) is 0 Å². The van der Waals surface area contributed by atoms with Crippen LogP contribution in [0.1, 0.15) is 31.1 Å². The van der Waals surface area contributed by atoms with Gasteiger partial charge in [0, 0.05) is 17.4 Å². The predicted octanol–water partition coefficient (Wildman–Crippen LogP) is 3.59. The average molecular weight is 476 g/mol. The number of aromatic nitrogens is 2. The van der Waals surface area contributed by atoms with E-state index in [-0.39, 0.29) is 22.4 Å². The molecule has 0 saturated heterocycles. The van der Waals surface area contributed by atoms with Crippen molar-refractivity contribution >= 4 is 21.8 Å². The number of hydrogen-bond donors (Lipinski definition) is 1. The number of nitrogens with zero attached hydrogens (tertiary/aromatic N) is 2. The first-order valence-corrected chi connectivity index (χ1v) is 12.2. The van der Waals surface area contributed by atoms with Gasteiger partial charge >= 0.3 is 6.01 Å². The Balaban J connectivity index is 1.83. The molecule has 176 valence electrons. The molecule has 0 bridgehead atoms. The van der Waals surface area contributed by atoms with Crippen molar-refractivity contribution in [3.05, 3.63) is 42.0 Å². The van der Waals surface area contributed by atoms with E-state index in [2.05, 4.69) is 15.5 Å². The molecule has 0 aliphatic rings. The van der Waals surface area contributed by atoms with Crippen LogP contribution < -0.4 is 19.5 Å². The molecule has 1 amide bonds. The summed E-state index contributed by atoms with van der Waals surface area (Å²) in [4.78, 5) is 13.0. The number of rotatable bonds is 10. The number of benzene rings is 2. The molecule has 0 unspecified atom stereocenters. The normalized spacial score (nSPS) is 11.2. The maximum atomic E-state index is 12.8. The van der Waals surface area contributed by atoms with Crippen molar-refractivity contribution in [2.75, 3.05) is 31.4 Å². The molecule has 0 saturated carbocycles. The summed E-state index contributed by atoms with van der Waals surface area (Å²) in [6.45, 7) is 6.65. The largest absolute Gasteiger partial charge is 0.490 e. The first kappa shape index (κ1) is 24.1. The molecule has 0 aliphatic heterocycles. The summed E-state index contributed by atoms with van der Waals surface area (Å²) in [6.07, 6.45) is 1.12. The van der Waals surface area contributed by atoms with Gasteiger partial charge < -0.3 is 18.6 Å². The van der Waals surface area contributed by atoms with Gasteiger partial charge in [0.2, 0.25) is 11.6 Å². The van der Waals surface area contributed by atoms with Crippen LogP contribution in [0.15, 0.2) is 45.7 Å². The molecule has 0 radical (unpaired) electrons. The molecule has 0 spiro atoms. The minimum atomic E-state index is -3.32. The van der Waals surface area contributed by atoms with E-state index >= 15 is 0 Å². The van der Waals surface area contributed by atoms with Gasteiger partial charge in [0.1, 0.15) is 0 Å². The number of anilines is 1. The highest BCUT2D eigenvalue weighted by Gasteiger charge is 2.20. The van der Waals surface area contributed by atoms with Crippen LogP contribution in [0.2, 0.25) is 0 Å². The number of nitrogens with one attached hydrogen (secondary N) is 1. The number of ether oxygens (including phenoxy) is 3. The second-order valence-electron chi connectivity index (χ2n) is 6.76. The maximum Gasteiger partial charge on any atom is 0.322 e. The Kier molecular flexibility index (Phi) is 7.54. The summed E-state index contributed by atoms with van der Waals surface area (Å²) in [5, 5.41) is 10.3. The molecule has 3 aromatic rings. The van der Waals surface area contributed by atoms with Crippen molar-refractivity contribution < 1.29 is 31.8 Å². The van der Waals surface area contributed by atoms with E-state index in [4.69, 9.17) is 18.6 Å². The van der Waals surface area contributed by atoms with Crippen LogP contribution in [-0.2, 0) is 9.84 Å². The Morgan fingerprint density at radius 1 is 0.939 bits per heavy atom. The zero-order chi connectivity index (χ0) is 24.0. The summed E-state index contributed by atoms with van der Waals surface area (Å²) in [5.41, 5.74) is 0.760. The van der Waals surface area contributed by atoms with E-state index in [9.17, 15) is 13.2 Å². The molecule has 33 heavy (non-hydrogen) atoms. The molecule has 11 heteroatoms. The summed E-state index contributed by atoms with van der Waals surface area (Å²) in [7, 11) is -3.32. The van der Waals surface area contributed by atoms with Crippen LogP contribution in [0.3, 0.4) is 0 Å². The van der Waals surface area contributed by atoms with Gasteiger partial charge in [-0.05, 0) is 57.2 Å². The topological polar surface area (TPSA) is 130 Å². The summed E-state index contributed by atoms with van der Waals surface area (Å²) < 4.78 is 45.6. The van der Waals surface area contributed by atoms with Gasteiger partial charge in [0.15, 0.2) is 21.3 Å². The van der Waals surface area contributed by atoms with Crippen molar-refractivity contribution in [1.29, 1.82) is 0 Å². The number of sulfone groups is 1. The summed E-state index contributed by atoms with van der Waals surface area (Å²) >= 11 is 0. The number of amides is 1. The van der Waals surface area contributed by atoms with E-state index < -0.39 is 15.7 Å². The Labute approximate surface area is 191 Å². The molecule has 0 aliphatic carbocycles. The van der Waals surface area contributed by atoms with Crippen molar-refractivity contribution in [2.45, 2.75) is 25.7 Å². The lowest BCUT2D eigenvalue weighted by molar-refractivity contribution is 0.102. The SMILES string of the molecule is CCOc1cc(C(=O)Nc2nnc(-c3ccc(S(C)(=O)=O)cc3)o2)cc(OCC)c1OCC. The van der Waals surface area contributed by atoms with Gasteiger partial charge in [-0.3, -0.25) is 10.1 Å². The van der Waals surface area contributed by atoms with Crippen molar-refractivity contribution in [1.82, 2.24) is 10.2 Å². The van der Waals surface area contributed by atoms with Crippen LogP contribution in [-0.4, -0.2) is 50.6 Å². The van der Waals surface area contributed by atoms with Gasteiger partial charge in [-0.2, -0.15) is 0 Å². The van der Waals surface area contributed by atoms with Gasteiger partial charge in [-0.25, -0.2) is 8.42 Å². The number of carbonyl (C=O) groups is 1. The second-order valence-corrected chi connectivity index (χ2v) is 8.78. The third-order valence-electron chi connectivity index (χ3n) is 4.35. The van der Waals surface area contributed by atoms with E-state index in [0.717, 1.165) is 6.26 Å². The van der Waals surface area contributed by atoms with E-state index in [1.165, 1.54) is 12.1 Å². The summed E-state index contributed by atoms with van der Waals surface area (Å²) in [6, 6.07) is 8.96.